The molecule has 0 aromatic carbocycles. The molecule has 0 radical (unpaired) electrons. The van der Waals surface area contributed by atoms with E-state index in [4.69, 9.17) is 23.7 Å². The van der Waals surface area contributed by atoms with Crippen molar-refractivity contribution in [3.8, 4) is 0 Å². The number of hydrogen-bond donors (Lipinski definition) is 8. The van der Waals surface area contributed by atoms with Crippen LogP contribution in [0, 0.1) is 11.8 Å². The Bertz CT molecular complexity index is 1140. The van der Waals surface area contributed by atoms with Crippen LogP contribution >= 0.6 is 0 Å². The molecule has 2 fully saturated rings. The molecule has 1 aliphatic carbocycles. The summed E-state index contributed by atoms with van der Waals surface area (Å²) in [7, 11) is 1.63. The fraction of sp³-hybridized carbons (Fsp3) is 0.886. The zero-order chi connectivity index (χ0) is 37.6. The second kappa shape index (κ2) is 17.5. The highest BCUT2D eigenvalue weighted by molar-refractivity contribution is 5.68. The summed E-state index contributed by atoms with van der Waals surface area (Å²) in [6.45, 7) is 16.4. The van der Waals surface area contributed by atoms with E-state index in [1.807, 2.05) is 19.9 Å². The molecule has 3 rings (SSSR count). The smallest absolute Gasteiger partial charge is 0.407 e. The van der Waals surface area contributed by atoms with Crippen LogP contribution in [0.3, 0.4) is 0 Å². The third kappa shape index (κ3) is 11.9. The van der Waals surface area contributed by atoms with Gasteiger partial charge in [0.05, 0.1) is 36.7 Å². The normalized spacial score (nSPS) is 35.7. The number of carbonyl (C=O) groups excluding carboxylic acids is 2. The topological polar surface area (TPSA) is 209 Å². The minimum Gasteiger partial charge on any atom is -0.493 e. The van der Waals surface area contributed by atoms with Gasteiger partial charge in [0, 0.05) is 37.5 Å². The summed E-state index contributed by atoms with van der Waals surface area (Å²) >= 11 is 0. The predicted molar refractivity (Wildman–Crippen MR) is 185 cm³/mol. The van der Waals surface area contributed by atoms with E-state index in [2.05, 4.69) is 21.3 Å². The zero-order valence-electron chi connectivity index (χ0n) is 31.5. The molecule has 2 heterocycles. The van der Waals surface area contributed by atoms with E-state index < -0.39 is 83.8 Å². The maximum Gasteiger partial charge on any atom is 0.407 e. The zero-order valence-corrected chi connectivity index (χ0v) is 31.5. The molecule has 12 atom stereocenters. The fourth-order valence-corrected chi connectivity index (χ4v) is 6.97. The summed E-state index contributed by atoms with van der Waals surface area (Å²) in [5.41, 5.74) is -2.72. The number of amides is 2. The number of aliphatic hydroxyl groups is 4. The van der Waals surface area contributed by atoms with Crippen LogP contribution in [-0.2, 0) is 23.7 Å². The third-order valence-corrected chi connectivity index (χ3v) is 9.29. The monoisotopic (exact) mass is 716 g/mol. The van der Waals surface area contributed by atoms with Crippen LogP contribution in [0.2, 0.25) is 0 Å². The van der Waals surface area contributed by atoms with Gasteiger partial charge in [-0.1, -0.05) is 13.8 Å². The SMILES string of the molecule is CCC1=CCC(NCC(O)CCNC(=O)OC(C)(C)C)C(C2C(NC(=O)OC(C)(C)C)CC(C)C(OC3OCC(C)(O)C(NC)C3O)C2O)O1. The first kappa shape index (κ1) is 42.2. The van der Waals surface area contributed by atoms with E-state index in [0.717, 1.165) is 5.76 Å². The lowest BCUT2D eigenvalue weighted by atomic mass is 9.70. The van der Waals surface area contributed by atoms with Crippen molar-refractivity contribution in [3.05, 3.63) is 11.8 Å². The van der Waals surface area contributed by atoms with E-state index in [9.17, 15) is 30.0 Å². The van der Waals surface area contributed by atoms with E-state index in [1.165, 1.54) is 0 Å². The number of aliphatic hydroxyl groups excluding tert-OH is 3. The predicted octanol–water partition coefficient (Wildman–Crippen LogP) is 1.65. The molecule has 15 nitrogen and oxygen atoms in total. The molecule has 290 valence electrons. The van der Waals surface area contributed by atoms with Gasteiger partial charge in [-0.05, 0) is 86.8 Å². The first-order chi connectivity index (χ1) is 23.2. The fourth-order valence-electron chi connectivity index (χ4n) is 6.97. The van der Waals surface area contributed by atoms with Crippen LogP contribution in [0.15, 0.2) is 11.8 Å². The van der Waals surface area contributed by atoms with Crippen molar-refractivity contribution in [3.63, 3.8) is 0 Å². The van der Waals surface area contributed by atoms with Gasteiger partial charge < -0.3 is 65.4 Å². The number of rotatable bonds is 12. The summed E-state index contributed by atoms with van der Waals surface area (Å²) in [6.07, 6.45) is -3.30. The van der Waals surface area contributed by atoms with Crippen molar-refractivity contribution in [2.75, 3.05) is 26.7 Å². The van der Waals surface area contributed by atoms with Crippen molar-refractivity contribution in [1.29, 1.82) is 0 Å². The molecule has 3 aliphatic rings. The first-order valence-electron chi connectivity index (χ1n) is 17.9. The van der Waals surface area contributed by atoms with E-state index >= 15 is 0 Å². The quantitative estimate of drug-likeness (QED) is 0.145. The molecule has 12 unspecified atom stereocenters. The van der Waals surface area contributed by atoms with E-state index in [1.54, 1.807) is 55.5 Å². The highest BCUT2D eigenvalue weighted by Crippen LogP contribution is 2.40. The number of carbonyl (C=O) groups is 2. The van der Waals surface area contributed by atoms with E-state index in [-0.39, 0.29) is 38.1 Å². The number of hydrogen-bond acceptors (Lipinski definition) is 13. The molecule has 2 amide bonds. The Balaban J connectivity index is 1.83. The van der Waals surface area contributed by atoms with Crippen LogP contribution in [0.1, 0.15) is 88.0 Å². The van der Waals surface area contributed by atoms with Crippen LogP contribution in [0.5, 0.6) is 0 Å². The Morgan fingerprint density at radius 3 is 2.30 bits per heavy atom. The molecule has 2 aliphatic heterocycles. The molecule has 0 aromatic rings. The summed E-state index contributed by atoms with van der Waals surface area (Å²) in [5, 5.41) is 56.8. The van der Waals surface area contributed by atoms with Crippen molar-refractivity contribution in [1.82, 2.24) is 21.3 Å². The Morgan fingerprint density at radius 2 is 1.70 bits per heavy atom. The number of allylic oxidation sites excluding steroid dienone is 1. The number of alkyl carbamates (subject to hydrolysis) is 2. The first-order valence-corrected chi connectivity index (χ1v) is 17.9. The minimum atomic E-state index is -1.34. The van der Waals surface area contributed by atoms with Crippen LogP contribution in [0.25, 0.3) is 0 Å². The van der Waals surface area contributed by atoms with Gasteiger partial charge in [-0.25, -0.2) is 9.59 Å². The Labute approximate surface area is 297 Å². The average Bonchev–Trinajstić information content (AvgIpc) is 2.97. The second-order valence-corrected chi connectivity index (χ2v) is 16.2. The molecule has 15 heteroatoms. The van der Waals surface area contributed by atoms with Gasteiger partial charge in [0.1, 0.15) is 29.0 Å². The lowest BCUT2D eigenvalue weighted by molar-refractivity contribution is -0.301. The highest BCUT2D eigenvalue weighted by Gasteiger charge is 2.53. The Kier molecular flexibility index (Phi) is 14.8. The molecule has 50 heavy (non-hydrogen) atoms. The molecular weight excluding hydrogens is 652 g/mol. The average molecular weight is 717 g/mol. The molecule has 0 aromatic heterocycles. The van der Waals surface area contributed by atoms with Crippen LogP contribution in [-0.4, -0.2) is 131 Å². The summed E-state index contributed by atoms with van der Waals surface area (Å²) < 4.78 is 29.5. The maximum atomic E-state index is 13.1. The highest BCUT2D eigenvalue weighted by atomic mass is 16.7. The number of nitrogens with one attached hydrogen (secondary N) is 4. The molecule has 1 saturated carbocycles. The second-order valence-electron chi connectivity index (χ2n) is 16.2. The maximum absolute atomic E-state index is 13.1. The molecule has 8 N–H and O–H groups in total. The van der Waals surface area contributed by atoms with Gasteiger partial charge in [0.15, 0.2) is 6.29 Å². The minimum absolute atomic E-state index is 0.0955. The molecule has 0 bridgehead atoms. The van der Waals surface area contributed by atoms with Crippen molar-refractivity contribution >= 4 is 12.2 Å². The Hall–Kier alpha value is -2.24. The summed E-state index contributed by atoms with van der Waals surface area (Å²) in [4.78, 5) is 25.1. The van der Waals surface area contributed by atoms with Gasteiger partial charge in [0.25, 0.3) is 0 Å². The van der Waals surface area contributed by atoms with Gasteiger partial charge in [-0.3, -0.25) is 0 Å². The summed E-state index contributed by atoms with van der Waals surface area (Å²) in [5.74, 6) is -0.283. The van der Waals surface area contributed by atoms with Crippen LogP contribution in [0.4, 0.5) is 9.59 Å². The van der Waals surface area contributed by atoms with Crippen molar-refractivity contribution in [2.45, 2.75) is 160 Å². The van der Waals surface area contributed by atoms with Gasteiger partial charge in [-0.15, -0.1) is 0 Å². The van der Waals surface area contributed by atoms with Gasteiger partial charge in [0.2, 0.25) is 0 Å². The largest absolute Gasteiger partial charge is 0.493 e. The van der Waals surface area contributed by atoms with Crippen molar-refractivity contribution < 1.29 is 53.7 Å². The Morgan fingerprint density at radius 1 is 1.06 bits per heavy atom. The van der Waals surface area contributed by atoms with Gasteiger partial charge >= 0.3 is 12.2 Å². The summed E-state index contributed by atoms with van der Waals surface area (Å²) in [6, 6.07) is -1.71. The van der Waals surface area contributed by atoms with Crippen molar-refractivity contribution in [2.24, 2.45) is 11.8 Å². The number of likely N-dealkylation sites (N-methyl/N-ethyl adjacent to an activating group) is 1. The van der Waals surface area contributed by atoms with Crippen LogP contribution < -0.4 is 21.3 Å². The lowest BCUT2D eigenvalue weighted by Crippen LogP contribution is -2.67. The number of ether oxygens (including phenoxy) is 5. The molecular formula is C35H64N4O11. The molecule has 0 spiro atoms. The van der Waals surface area contributed by atoms with Gasteiger partial charge in [-0.2, -0.15) is 0 Å². The van der Waals surface area contributed by atoms with E-state index in [0.29, 0.717) is 19.3 Å². The standard InChI is InChI=1S/C35H64N4O11/c1-11-21-12-13-22(38-17-20(40)14-15-37-31(43)49-33(3,4)5)28(47-21)24-23(39-32(44)50-34(6,7)8)16-19(2)27(25(24)41)48-30-26(42)29(36-10)35(9,45)18-46-30/h12,19-20,22-30,36,38,40-42,45H,11,13-18H2,1-10H3,(H,37,43)(H,39,44). The molecule has 1 saturated heterocycles. The third-order valence-electron chi connectivity index (χ3n) is 9.29. The lowest BCUT2D eigenvalue weighted by Gasteiger charge is -2.51.